The molecule has 4 fully saturated rings. The summed E-state index contributed by atoms with van der Waals surface area (Å²) in [5, 5.41) is 2.98. The van der Waals surface area contributed by atoms with Gasteiger partial charge in [-0.2, -0.15) is 0 Å². The highest BCUT2D eigenvalue weighted by molar-refractivity contribution is 5.99. The topological polar surface area (TPSA) is 113 Å². The number of hydrogen-bond acceptors (Lipinski definition) is 9. The van der Waals surface area contributed by atoms with Crippen LogP contribution in [0.1, 0.15) is 64.9 Å². The second-order valence-electron chi connectivity index (χ2n) is 13.2. The fraction of sp³-hybridized carbons (Fsp3) is 0.645. The molecule has 0 unspecified atom stereocenters. The lowest BCUT2D eigenvalue weighted by atomic mass is 9.78. The van der Waals surface area contributed by atoms with Gasteiger partial charge in [0.05, 0.1) is 31.6 Å². The van der Waals surface area contributed by atoms with Crippen molar-refractivity contribution in [2.24, 2.45) is 5.92 Å². The molecule has 2 aromatic rings. The first-order chi connectivity index (χ1) is 20.2. The summed E-state index contributed by atoms with van der Waals surface area (Å²) >= 11 is 0. The molecule has 11 nitrogen and oxygen atoms in total. The van der Waals surface area contributed by atoms with Crippen molar-refractivity contribution in [3.63, 3.8) is 0 Å². The number of anilines is 3. The average molecular weight is 578 g/mol. The van der Waals surface area contributed by atoms with E-state index in [-0.39, 0.29) is 31.3 Å². The maximum atomic E-state index is 13.6. The summed E-state index contributed by atoms with van der Waals surface area (Å²) in [5.74, 6) is 2.49. The van der Waals surface area contributed by atoms with Gasteiger partial charge >= 0.3 is 6.09 Å². The van der Waals surface area contributed by atoms with Gasteiger partial charge in [0, 0.05) is 38.9 Å². The lowest BCUT2D eigenvalue weighted by molar-refractivity contribution is -0.139. The molecule has 3 saturated heterocycles. The van der Waals surface area contributed by atoms with Crippen LogP contribution in [0.2, 0.25) is 0 Å². The standard InChI is InChI=1S/C31H43N7O4/c1-30(2,3)42-29(40)38(18-22-8-9-22)24-7-6-14-37(19-24)26-11-10-23(15-33-26)31(20-41-21-31)28(39)35-25-16-32-17-27(34-25)36-12-4-5-13-36/h10-11,15-17,22,24H,4-9,12-14,18-21H2,1-3H3,(H,34,35,39)/t24-/m1/s1. The lowest BCUT2D eigenvalue weighted by Gasteiger charge is -2.41. The van der Waals surface area contributed by atoms with Gasteiger partial charge in [-0.15, -0.1) is 0 Å². The Balaban J connectivity index is 1.13. The maximum absolute atomic E-state index is 13.6. The number of pyridine rings is 1. The number of amides is 2. The number of nitrogens with zero attached hydrogens (tertiary/aromatic N) is 6. The summed E-state index contributed by atoms with van der Waals surface area (Å²) in [6, 6.07) is 4.04. The highest BCUT2D eigenvalue weighted by Gasteiger charge is 2.48. The molecule has 42 heavy (non-hydrogen) atoms. The predicted octanol–water partition coefficient (Wildman–Crippen LogP) is 3.99. The lowest BCUT2D eigenvalue weighted by Crippen LogP contribution is -2.55. The Morgan fingerprint density at radius 1 is 1.02 bits per heavy atom. The SMILES string of the molecule is CC(C)(C)OC(=O)N(CC1CC1)[C@@H]1CCCN(c2ccc(C3(C(=O)Nc4cncc(N5CCCC5)n4)COC3)cn2)C1. The fourth-order valence-corrected chi connectivity index (χ4v) is 6.03. The molecule has 2 amide bonds. The van der Waals surface area contributed by atoms with E-state index in [1.807, 2.05) is 37.8 Å². The van der Waals surface area contributed by atoms with Crippen molar-refractivity contribution >= 4 is 29.5 Å². The summed E-state index contributed by atoms with van der Waals surface area (Å²) in [6.07, 6.45) is 11.4. The third-order valence-electron chi connectivity index (χ3n) is 8.67. The van der Waals surface area contributed by atoms with E-state index in [1.165, 1.54) is 12.8 Å². The van der Waals surface area contributed by atoms with Crippen LogP contribution in [0.4, 0.5) is 22.2 Å². The van der Waals surface area contributed by atoms with E-state index in [0.717, 1.165) is 69.1 Å². The third kappa shape index (κ3) is 6.30. The number of piperidine rings is 1. The zero-order valence-corrected chi connectivity index (χ0v) is 25.1. The Morgan fingerprint density at radius 3 is 2.43 bits per heavy atom. The zero-order chi connectivity index (χ0) is 29.3. The molecular weight excluding hydrogens is 534 g/mol. The van der Waals surface area contributed by atoms with Crippen molar-refractivity contribution in [1.29, 1.82) is 0 Å². The van der Waals surface area contributed by atoms with Gasteiger partial charge in [-0.25, -0.2) is 14.8 Å². The molecule has 2 aromatic heterocycles. The Labute approximate surface area is 248 Å². The first-order valence-electron chi connectivity index (χ1n) is 15.4. The Kier molecular flexibility index (Phi) is 7.95. The van der Waals surface area contributed by atoms with Crippen LogP contribution < -0.4 is 15.1 Å². The molecule has 4 aliphatic rings. The van der Waals surface area contributed by atoms with Gasteiger partial charge in [0.25, 0.3) is 0 Å². The Morgan fingerprint density at radius 2 is 1.79 bits per heavy atom. The van der Waals surface area contributed by atoms with E-state index < -0.39 is 11.0 Å². The smallest absolute Gasteiger partial charge is 0.410 e. The minimum absolute atomic E-state index is 0.0743. The number of rotatable bonds is 8. The van der Waals surface area contributed by atoms with Crippen LogP contribution >= 0.6 is 0 Å². The minimum atomic E-state index is -0.820. The summed E-state index contributed by atoms with van der Waals surface area (Å²) in [6.45, 7) is 10.6. The summed E-state index contributed by atoms with van der Waals surface area (Å²) in [7, 11) is 0. The van der Waals surface area contributed by atoms with Crippen LogP contribution in [-0.4, -0.2) is 89.4 Å². The molecule has 0 spiro atoms. The zero-order valence-electron chi connectivity index (χ0n) is 25.1. The second kappa shape index (κ2) is 11.7. The Bertz CT molecular complexity index is 1270. The van der Waals surface area contributed by atoms with Crippen molar-refractivity contribution < 1.29 is 19.1 Å². The monoisotopic (exact) mass is 577 g/mol. The number of hydrogen-bond donors (Lipinski definition) is 1. The van der Waals surface area contributed by atoms with E-state index in [1.54, 1.807) is 18.6 Å². The second-order valence-corrected chi connectivity index (χ2v) is 13.2. The van der Waals surface area contributed by atoms with Crippen LogP contribution in [0.3, 0.4) is 0 Å². The molecule has 226 valence electrons. The van der Waals surface area contributed by atoms with Crippen LogP contribution in [0.15, 0.2) is 30.7 Å². The quantitative estimate of drug-likeness (QED) is 0.498. The van der Waals surface area contributed by atoms with Gasteiger partial charge in [0.1, 0.15) is 22.7 Å². The molecule has 0 radical (unpaired) electrons. The van der Waals surface area contributed by atoms with Crippen molar-refractivity contribution in [3.05, 3.63) is 36.3 Å². The average Bonchev–Trinajstić information content (AvgIpc) is 3.59. The minimum Gasteiger partial charge on any atom is -0.444 e. The molecule has 0 bridgehead atoms. The molecule has 1 atom stereocenters. The molecule has 3 aliphatic heterocycles. The highest BCUT2D eigenvalue weighted by atomic mass is 16.6. The van der Waals surface area contributed by atoms with E-state index in [0.29, 0.717) is 18.3 Å². The molecule has 11 heteroatoms. The van der Waals surface area contributed by atoms with E-state index in [2.05, 4.69) is 25.1 Å². The van der Waals surface area contributed by atoms with E-state index in [4.69, 9.17) is 14.5 Å². The van der Waals surface area contributed by atoms with Crippen molar-refractivity contribution in [2.45, 2.75) is 76.4 Å². The fourth-order valence-electron chi connectivity index (χ4n) is 6.03. The van der Waals surface area contributed by atoms with Crippen molar-refractivity contribution in [3.8, 4) is 0 Å². The summed E-state index contributed by atoms with van der Waals surface area (Å²) < 4.78 is 11.3. The molecule has 0 aromatic carbocycles. The van der Waals surface area contributed by atoms with Crippen LogP contribution in [0.25, 0.3) is 0 Å². The molecule has 1 N–H and O–H groups in total. The number of carbonyl (C=O) groups is 2. The summed E-state index contributed by atoms with van der Waals surface area (Å²) in [5.41, 5.74) is -0.531. The molecule has 1 saturated carbocycles. The van der Waals surface area contributed by atoms with E-state index >= 15 is 0 Å². The first-order valence-corrected chi connectivity index (χ1v) is 15.4. The van der Waals surface area contributed by atoms with E-state index in [9.17, 15) is 9.59 Å². The van der Waals surface area contributed by atoms with Gasteiger partial charge in [0.15, 0.2) is 5.82 Å². The normalized spacial score (nSPS) is 21.9. The molecule has 6 rings (SSSR count). The molecule has 5 heterocycles. The maximum Gasteiger partial charge on any atom is 0.410 e. The predicted molar refractivity (Wildman–Crippen MR) is 160 cm³/mol. The van der Waals surface area contributed by atoms with Gasteiger partial charge < -0.3 is 29.5 Å². The van der Waals surface area contributed by atoms with Gasteiger partial charge in [-0.1, -0.05) is 6.07 Å². The molecule has 1 aliphatic carbocycles. The number of nitrogens with one attached hydrogen (secondary N) is 1. The first kappa shape index (κ1) is 28.6. The third-order valence-corrected chi connectivity index (χ3v) is 8.67. The number of carbonyl (C=O) groups excluding carboxylic acids is 2. The molecular formula is C31H43N7O4. The highest BCUT2D eigenvalue weighted by Crippen LogP contribution is 2.35. The Hall–Kier alpha value is -3.47. The van der Waals surface area contributed by atoms with Crippen LogP contribution in [0.5, 0.6) is 0 Å². The van der Waals surface area contributed by atoms with Gasteiger partial charge in [-0.3, -0.25) is 9.78 Å². The van der Waals surface area contributed by atoms with Crippen molar-refractivity contribution in [2.75, 3.05) is 61.1 Å². The summed E-state index contributed by atoms with van der Waals surface area (Å²) in [4.78, 5) is 46.8. The number of ether oxygens (including phenoxy) is 2. The van der Waals surface area contributed by atoms with Crippen LogP contribution in [0, 0.1) is 5.92 Å². The largest absolute Gasteiger partial charge is 0.444 e. The van der Waals surface area contributed by atoms with Crippen LogP contribution in [-0.2, 0) is 19.7 Å². The van der Waals surface area contributed by atoms with Gasteiger partial charge in [0.2, 0.25) is 5.91 Å². The number of aromatic nitrogens is 3. The van der Waals surface area contributed by atoms with Gasteiger partial charge in [-0.05, 0) is 76.8 Å². The van der Waals surface area contributed by atoms with Crippen molar-refractivity contribution in [1.82, 2.24) is 19.9 Å².